The number of benzene rings is 5. The Hall–Kier alpha value is -12.2. The lowest BCUT2D eigenvalue weighted by atomic mass is 10.1. The van der Waals surface area contributed by atoms with Crippen molar-refractivity contribution in [3.05, 3.63) is 218 Å². The molecule has 9 aromatic rings. The van der Waals surface area contributed by atoms with Gasteiger partial charge in [0.2, 0.25) is 41.4 Å². The lowest BCUT2D eigenvalue weighted by Gasteiger charge is -2.32. The van der Waals surface area contributed by atoms with E-state index in [0.717, 1.165) is 37.2 Å². The molecule has 0 saturated carbocycles. The average Bonchev–Trinajstić information content (AvgIpc) is 0.892. The number of hydrogen-bond donors (Lipinski definition) is 9. The first-order chi connectivity index (χ1) is 46.6. The maximum Gasteiger partial charge on any atom is 0.269 e. The molecule has 1 fully saturated rings. The van der Waals surface area contributed by atoms with Crippen LogP contribution in [0.4, 0.5) is 82.5 Å². The van der Waals surface area contributed by atoms with Gasteiger partial charge in [-0.2, -0.15) is 19.3 Å². The average molecular weight is 1380 g/mol. The molecule has 1 aliphatic heterocycles. The highest BCUT2D eigenvalue weighted by Crippen LogP contribution is 2.32. The first-order valence-electron chi connectivity index (χ1n) is 29.5. The maximum atomic E-state index is 14.4. The van der Waals surface area contributed by atoms with Crippen molar-refractivity contribution in [1.29, 1.82) is 0 Å². The van der Waals surface area contributed by atoms with E-state index in [1.54, 1.807) is 129 Å². The summed E-state index contributed by atoms with van der Waals surface area (Å²) in [4.78, 5) is 76.6. The summed E-state index contributed by atoms with van der Waals surface area (Å²) >= 11 is 6.16. The van der Waals surface area contributed by atoms with Crippen LogP contribution in [0.3, 0.4) is 0 Å². The number of methoxy groups -OCH3 is 1. The Morgan fingerprint density at radius 3 is 1.71 bits per heavy atom. The number of hydrogen-bond acceptors (Lipinski definition) is 21. The van der Waals surface area contributed by atoms with Gasteiger partial charge in [-0.1, -0.05) is 64.4 Å². The normalized spacial score (nSPS) is 12.0. The second kappa shape index (κ2) is 36.6. The number of anilines is 12. The van der Waals surface area contributed by atoms with E-state index in [1.165, 1.54) is 25.4 Å². The number of aromatic nitrogens is 7. The van der Waals surface area contributed by atoms with Crippen molar-refractivity contribution in [3.63, 3.8) is 0 Å². The van der Waals surface area contributed by atoms with Crippen LogP contribution in [0.1, 0.15) is 52.0 Å². The lowest BCUT2D eigenvalue weighted by molar-refractivity contribution is -0.128. The Morgan fingerprint density at radius 1 is 0.626 bits per heavy atom. The summed E-state index contributed by atoms with van der Waals surface area (Å²) in [5.41, 5.74) is 3.16. The van der Waals surface area contributed by atoms with Crippen molar-refractivity contribution in [1.82, 2.24) is 45.1 Å². The van der Waals surface area contributed by atoms with E-state index >= 15 is 0 Å². The third-order valence-corrected chi connectivity index (χ3v) is 13.4. The van der Waals surface area contributed by atoms with E-state index in [4.69, 9.17) is 30.5 Å². The van der Waals surface area contributed by atoms with Gasteiger partial charge in [-0.25, -0.2) is 23.7 Å². The van der Waals surface area contributed by atoms with Gasteiger partial charge in [-0.05, 0) is 136 Å². The van der Waals surface area contributed by atoms with E-state index in [1.807, 2.05) is 18.2 Å². The van der Waals surface area contributed by atoms with Crippen LogP contribution in [0.2, 0.25) is 5.02 Å². The number of piperidine rings is 1. The van der Waals surface area contributed by atoms with E-state index in [2.05, 4.69) is 97.2 Å². The zero-order chi connectivity index (χ0) is 69.4. The van der Waals surface area contributed by atoms with Crippen molar-refractivity contribution in [2.75, 3.05) is 71.1 Å². The van der Waals surface area contributed by atoms with Crippen molar-refractivity contribution < 1.29 is 56.4 Å². The first-order valence-corrected chi connectivity index (χ1v) is 29.9. The molecule has 99 heavy (non-hydrogen) atoms. The molecule has 4 amide bonds. The SMILES string of the molecule is C.C.C=CC(=O)N1CCC[C@@H](Oc2nc(Nc3cccc(OC)c3)ncc2F)C1.C=CC(=O)Nc1cccc(Nc2nc(Nc3ccc(Cl)c(OCC(C)(C)O)c3)ncc2F)c1.C=CC(=O)Nc1cccc(Nc2nc(Nc3ccc(Oc4ccnc(C(=O)NC)c4)cc3)ncc2F)c1. The van der Waals surface area contributed by atoms with E-state index in [0.29, 0.717) is 87.3 Å². The van der Waals surface area contributed by atoms with Crippen LogP contribution < -0.4 is 61.5 Å². The first kappa shape index (κ1) is 75.9. The predicted molar refractivity (Wildman–Crippen MR) is 377 cm³/mol. The third kappa shape index (κ3) is 23.6. The highest BCUT2D eigenvalue weighted by Gasteiger charge is 2.26. The summed E-state index contributed by atoms with van der Waals surface area (Å²) in [6.45, 7) is 14.6. The van der Waals surface area contributed by atoms with Gasteiger partial charge in [0, 0.05) is 77.8 Å². The molecule has 29 heteroatoms. The van der Waals surface area contributed by atoms with Crippen LogP contribution in [0.25, 0.3) is 0 Å². The molecular formula is C70H74ClF3N16O9. The lowest BCUT2D eigenvalue weighted by Crippen LogP contribution is -2.43. The molecule has 4 aromatic heterocycles. The van der Waals surface area contributed by atoms with Gasteiger partial charge in [0.1, 0.15) is 41.4 Å². The zero-order valence-electron chi connectivity index (χ0n) is 52.7. The fourth-order valence-corrected chi connectivity index (χ4v) is 8.73. The summed E-state index contributed by atoms with van der Waals surface area (Å²) in [6, 6.07) is 35.7. The molecule has 25 nitrogen and oxygen atoms in total. The van der Waals surface area contributed by atoms with Crippen LogP contribution in [0.5, 0.6) is 28.9 Å². The molecule has 1 atom stereocenters. The molecule has 516 valence electrons. The molecule has 10 rings (SSSR count). The molecule has 0 unspecified atom stereocenters. The van der Waals surface area contributed by atoms with Crippen molar-refractivity contribution in [2.45, 2.75) is 53.2 Å². The van der Waals surface area contributed by atoms with E-state index in [9.17, 15) is 37.5 Å². The summed E-state index contributed by atoms with van der Waals surface area (Å²) in [5.74, 6) is -0.887. The molecule has 0 spiro atoms. The summed E-state index contributed by atoms with van der Waals surface area (Å²) in [5, 5.41) is 32.7. The number of amides is 4. The fraction of sp³-hybridized carbons (Fsp3) is 0.186. The Labute approximate surface area is 575 Å². The van der Waals surface area contributed by atoms with E-state index in [-0.39, 0.29) is 92.2 Å². The number of carbonyl (C=O) groups is 4. The number of nitrogens with one attached hydrogen (secondary N) is 8. The van der Waals surface area contributed by atoms with Crippen LogP contribution in [0, 0.1) is 17.5 Å². The van der Waals surface area contributed by atoms with Gasteiger partial charge in [0.05, 0.1) is 42.9 Å². The number of carbonyl (C=O) groups excluding carboxylic acids is 4. The van der Waals surface area contributed by atoms with Gasteiger partial charge >= 0.3 is 0 Å². The Bertz CT molecular complexity index is 4290. The monoisotopic (exact) mass is 1370 g/mol. The van der Waals surface area contributed by atoms with Crippen LogP contribution in [-0.4, -0.2) is 114 Å². The van der Waals surface area contributed by atoms with Crippen molar-refractivity contribution in [3.8, 4) is 28.9 Å². The smallest absolute Gasteiger partial charge is 0.269 e. The molecule has 5 heterocycles. The fourth-order valence-electron chi connectivity index (χ4n) is 8.56. The number of aliphatic hydroxyl groups is 1. The largest absolute Gasteiger partial charge is 0.497 e. The molecular weight excluding hydrogens is 1300 g/mol. The minimum Gasteiger partial charge on any atom is -0.497 e. The molecule has 5 aromatic carbocycles. The number of pyridine rings is 1. The standard InChI is InChI=1S/C26H22FN7O3.C23H23ClFN5O3.C19H21FN4O3.2CH4/c1-3-23(35)31-17-5-4-6-18(13-17)32-24-21(27)15-30-26(34-24)33-16-7-9-19(10-8-16)37-20-11-12-29-22(14-20)25(36)28-2;1-4-20(31)27-14-6-5-7-15(10-14)28-21-18(25)12-26-22(30-21)29-16-8-9-17(24)19(11-16)33-13-23(2,3)32;1-3-17(25)24-9-5-8-15(12-24)27-18-16(20)11-21-19(23-18)22-13-6-4-7-14(10-13)26-2;;/h3-15H,1H2,2H3,(H,28,36)(H,31,35)(H2,30,32,33,34);4-12,32H,1,13H2,2-3H3,(H,27,31)(H2,26,28,29,30);3-4,6-7,10-11,15H,1,5,8-9,12H2,2H3,(H,21,22,23);2*1H4/t;;15-;;/m..1../s1. The number of likely N-dealkylation sites (tertiary alicyclic amines) is 1. The van der Waals surface area contributed by atoms with Gasteiger partial charge in [0.15, 0.2) is 23.3 Å². The van der Waals surface area contributed by atoms with E-state index < -0.39 is 23.1 Å². The molecule has 0 radical (unpaired) electrons. The van der Waals surface area contributed by atoms with Gasteiger partial charge in [0.25, 0.3) is 11.8 Å². The van der Waals surface area contributed by atoms with Crippen LogP contribution in [0.15, 0.2) is 190 Å². The number of nitrogens with zero attached hydrogens (tertiary/aromatic N) is 8. The van der Waals surface area contributed by atoms with Crippen molar-refractivity contribution in [2.24, 2.45) is 0 Å². The van der Waals surface area contributed by atoms with Gasteiger partial charge < -0.3 is 71.5 Å². The zero-order valence-corrected chi connectivity index (χ0v) is 53.5. The predicted octanol–water partition coefficient (Wildman–Crippen LogP) is 14.0. The summed E-state index contributed by atoms with van der Waals surface area (Å²) < 4.78 is 65.1. The molecule has 0 aliphatic carbocycles. The van der Waals surface area contributed by atoms with Crippen LogP contribution >= 0.6 is 11.6 Å². The van der Waals surface area contributed by atoms with Gasteiger partial charge in [-0.3, -0.25) is 24.2 Å². The second-order valence-electron chi connectivity index (χ2n) is 21.2. The Morgan fingerprint density at radius 2 is 1.15 bits per heavy atom. The number of rotatable bonds is 24. The Kier molecular flexibility index (Phi) is 28.1. The summed E-state index contributed by atoms with van der Waals surface area (Å²) in [6.07, 6.45) is 9.34. The van der Waals surface area contributed by atoms with Gasteiger partial charge in [-0.15, -0.1) is 0 Å². The van der Waals surface area contributed by atoms with Crippen LogP contribution in [-0.2, 0) is 14.4 Å². The highest BCUT2D eigenvalue weighted by molar-refractivity contribution is 6.32. The molecule has 0 bridgehead atoms. The minimum absolute atomic E-state index is 0. The number of ether oxygens (including phenoxy) is 4. The second-order valence-corrected chi connectivity index (χ2v) is 21.6. The minimum atomic E-state index is -1.03. The van der Waals surface area contributed by atoms with Crippen molar-refractivity contribution >= 4 is 105 Å². The third-order valence-electron chi connectivity index (χ3n) is 13.1. The Balaban J connectivity index is 0.000000234. The highest BCUT2D eigenvalue weighted by atomic mass is 35.5. The molecule has 1 saturated heterocycles. The quantitative estimate of drug-likeness (QED) is 0.0254. The topological polar surface area (TPSA) is 315 Å². The summed E-state index contributed by atoms with van der Waals surface area (Å²) in [7, 11) is 3.10. The molecule has 9 N–H and O–H groups in total. The maximum absolute atomic E-state index is 14.4. The molecule has 1 aliphatic rings. The number of halogens is 4.